The molecule has 10 heteroatoms. The number of carbonyl (C=O) groups excluding carboxylic acids is 2. The summed E-state index contributed by atoms with van der Waals surface area (Å²) in [5.74, 6) is 1.35. The van der Waals surface area contributed by atoms with E-state index in [1.807, 2.05) is 39.1 Å². The van der Waals surface area contributed by atoms with Crippen molar-refractivity contribution in [3.05, 3.63) is 76.3 Å². The molecule has 2 unspecified atom stereocenters. The van der Waals surface area contributed by atoms with Gasteiger partial charge in [0, 0.05) is 28.8 Å². The van der Waals surface area contributed by atoms with Gasteiger partial charge in [-0.25, -0.2) is 9.59 Å². The van der Waals surface area contributed by atoms with E-state index in [2.05, 4.69) is 4.90 Å². The third-order valence-corrected chi connectivity index (χ3v) is 7.75. The summed E-state index contributed by atoms with van der Waals surface area (Å²) in [4.78, 5) is 27.4. The van der Waals surface area contributed by atoms with Crippen molar-refractivity contribution < 1.29 is 42.7 Å². The minimum absolute atomic E-state index is 0.0417. The number of likely N-dealkylation sites (N-methyl/N-ethyl adjacent to an activating group) is 1. The van der Waals surface area contributed by atoms with Crippen molar-refractivity contribution in [1.29, 1.82) is 0 Å². The largest absolute Gasteiger partial charge is 0.501 e. The van der Waals surface area contributed by atoms with Crippen LogP contribution in [-0.2, 0) is 30.2 Å². The van der Waals surface area contributed by atoms with Crippen LogP contribution in [0.15, 0.2) is 59.6 Å². The SMILES string of the molecule is CC.CCOC(=O)c1ccc(-c2c3c(c(OC)c4c2OCO4)C(C2OC(=O)C(C)=C2/C=C\C(=C\OC)OC)N(C)CC3)cc1. The van der Waals surface area contributed by atoms with Crippen molar-refractivity contribution in [1.82, 2.24) is 4.90 Å². The fourth-order valence-electron chi connectivity index (χ4n) is 5.76. The van der Waals surface area contributed by atoms with Gasteiger partial charge in [0.15, 0.2) is 17.3 Å². The molecular weight excluding hydrogens is 566 g/mol. The zero-order valence-corrected chi connectivity index (χ0v) is 26.6. The Hall–Kier alpha value is -4.44. The number of rotatable bonds is 9. The summed E-state index contributed by atoms with van der Waals surface area (Å²) in [6.45, 7) is 8.56. The normalized spacial score (nSPS) is 19.3. The first kappa shape index (κ1) is 32.5. The van der Waals surface area contributed by atoms with Crippen LogP contribution < -0.4 is 14.2 Å². The molecule has 3 heterocycles. The standard InChI is InChI=1S/C32H35NO9.C2H6/c1-7-39-32(35)20-10-8-19(9-11-20)24-23-14-15-33(3)26(25(23)28(38-6)30-29(24)40-17-41-30)27-22(18(2)31(34)42-27)13-12-21(37-5)16-36-4;1-2/h8-13,16,26-27H,7,14-15,17H2,1-6H3;1-2H3/b13-12-,21-16-;. The van der Waals surface area contributed by atoms with Gasteiger partial charge in [0.2, 0.25) is 12.5 Å². The number of cyclic esters (lactones) is 1. The van der Waals surface area contributed by atoms with E-state index in [1.165, 1.54) is 13.4 Å². The summed E-state index contributed by atoms with van der Waals surface area (Å²) >= 11 is 0. The molecule has 0 N–H and O–H groups in total. The van der Waals surface area contributed by atoms with E-state index in [-0.39, 0.29) is 18.7 Å². The van der Waals surface area contributed by atoms with E-state index in [1.54, 1.807) is 46.3 Å². The Morgan fingerprint density at radius 2 is 1.80 bits per heavy atom. The van der Waals surface area contributed by atoms with Gasteiger partial charge in [-0.15, -0.1) is 0 Å². The molecule has 2 atom stereocenters. The van der Waals surface area contributed by atoms with Crippen LogP contribution in [0.3, 0.4) is 0 Å². The molecule has 3 aliphatic heterocycles. The van der Waals surface area contributed by atoms with E-state index in [0.717, 1.165) is 27.8 Å². The topological polar surface area (TPSA) is 102 Å². The molecule has 0 saturated heterocycles. The number of fused-ring (bicyclic) bond motifs is 2. The number of methoxy groups -OCH3 is 3. The molecule has 2 aromatic carbocycles. The minimum atomic E-state index is -0.633. The molecule has 236 valence electrons. The molecule has 0 spiro atoms. The molecule has 10 nitrogen and oxygen atoms in total. The van der Waals surface area contributed by atoms with Gasteiger partial charge in [-0.3, -0.25) is 4.90 Å². The number of ether oxygens (including phenoxy) is 7. The van der Waals surface area contributed by atoms with Crippen LogP contribution in [0.4, 0.5) is 0 Å². The Balaban J connectivity index is 0.00000216. The molecule has 0 fully saturated rings. The van der Waals surface area contributed by atoms with Gasteiger partial charge in [0.1, 0.15) is 12.4 Å². The Bertz CT molecular complexity index is 1470. The van der Waals surface area contributed by atoms with Gasteiger partial charge in [-0.1, -0.05) is 32.1 Å². The molecule has 0 saturated carbocycles. The molecular formula is C34H41NO9. The first-order valence-corrected chi connectivity index (χ1v) is 14.7. The van der Waals surface area contributed by atoms with Crippen LogP contribution in [0, 0.1) is 0 Å². The van der Waals surface area contributed by atoms with Crippen LogP contribution >= 0.6 is 0 Å². The second-order valence-corrected chi connectivity index (χ2v) is 10.0. The molecule has 0 amide bonds. The lowest BCUT2D eigenvalue weighted by molar-refractivity contribution is -0.142. The smallest absolute Gasteiger partial charge is 0.338 e. The molecule has 0 bridgehead atoms. The molecule has 5 rings (SSSR count). The van der Waals surface area contributed by atoms with Crippen LogP contribution in [0.2, 0.25) is 0 Å². The van der Waals surface area contributed by atoms with Crippen molar-refractivity contribution >= 4 is 11.9 Å². The maximum Gasteiger partial charge on any atom is 0.338 e. The number of carbonyl (C=O) groups is 2. The van der Waals surface area contributed by atoms with Gasteiger partial charge in [-0.2, -0.15) is 0 Å². The third kappa shape index (κ3) is 5.99. The van der Waals surface area contributed by atoms with E-state index >= 15 is 0 Å². The van der Waals surface area contributed by atoms with Gasteiger partial charge in [0.25, 0.3) is 0 Å². The average molecular weight is 608 g/mol. The third-order valence-electron chi connectivity index (χ3n) is 7.75. The second kappa shape index (κ2) is 14.4. The Kier molecular flexibility index (Phi) is 10.6. The highest BCUT2D eigenvalue weighted by molar-refractivity contribution is 5.93. The number of nitrogens with zero attached hydrogens (tertiary/aromatic N) is 1. The highest BCUT2D eigenvalue weighted by Gasteiger charge is 2.45. The van der Waals surface area contributed by atoms with E-state index in [0.29, 0.717) is 53.7 Å². The lowest BCUT2D eigenvalue weighted by Crippen LogP contribution is -2.40. The molecule has 44 heavy (non-hydrogen) atoms. The maximum absolute atomic E-state index is 12.9. The molecule has 3 aliphatic rings. The predicted molar refractivity (Wildman–Crippen MR) is 165 cm³/mol. The van der Waals surface area contributed by atoms with Crippen LogP contribution in [0.1, 0.15) is 55.2 Å². The van der Waals surface area contributed by atoms with Crippen LogP contribution in [0.5, 0.6) is 17.2 Å². The molecule has 0 aromatic heterocycles. The molecule has 0 radical (unpaired) electrons. The maximum atomic E-state index is 12.9. The Morgan fingerprint density at radius 1 is 1.09 bits per heavy atom. The fraction of sp³-hybridized carbons (Fsp3) is 0.412. The fourth-order valence-corrected chi connectivity index (χ4v) is 5.76. The van der Waals surface area contributed by atoms with Gasteiger partial charge in [0.05, 0.1) is 39.5 Å². The van der Waals surface area contributed by atoms with Crippen LogP contribution in [0.25, 0.3) is 11.1 Å². The number of allylic oxidation sites excluding steroid dienone is 1. The summed E-state index contributed by atoms with van der Waals surface area (Å²) in [5, 5.41) is 0. The number of hydrogen-bond donors (Lipinski definition) is 0. The second-order valence-electron chi connectivity index (χ2n) is 10.0. The monoisotopic (exact) mass is 607 g/mol. The number of hydrogen-bond acceptors (Lipinski definition) is 10. The van der Waals surface area contributed by atoms with Crippen molar-refractivity contribution in [2.24, 2.45) is 0 Å². The average Bonchev–Trinajstić information content (AvgIpc) is 3.63. The van der Waals surface area contributed by atoms with Crippen molar-refractivity contribution in [3.8, 4) is 28.4 Å². The number of benzene rings is 2. The highest BCUT2D eigenvalue weighted by Crippen LogP contribution is 2.56. The van der Waals surface area contributed by atoms with Crippen molar-refractivity contribution in [3.63, 3.8) is 0 Å². The molecule has 0 aliphatic carbocycles. The zero-order chi connectivity index (χ0) is 32.0. The van der Waals surface area contributed by atoms with Gasteiger partial charge >= 0.3 is 11.9 Å². The summed E-state index contributed by atoms with van der Waals surface area (Å²) in [6, 6.07) is 6.85. The summed E-state index contributed by atoms with van der Waals surface area (Å²) in [5.41, 5.74) is 5.28. The lowest BCUT2D eigenvalue weighted by atomic mass is 9.81. The quantitative estimate of drug-likeness (QED) is 0.199. The summed E-state index contributed by atoms with van der Waals surface area (Å²) in [7, 11) is 6.68. The van der Waals surface area contributed by atoms with E-state index in [4.69, 9.17) is 33.2 Å². The lowest BCUT2D eigenvalue weighted by Gasteiger charge is -2.39. The highest BCUT2D eigenvalue weighted by atomic mass is 16.7. The zero-order valence-electron chi connectivity index (χ0n) is 26.6. The first-order chi connectivity index (χ1) is 21.3. The van der Waals surface area contributed by atoms with E-state index < -0.39 is 12.1 Å². The van der Waals surface area contributed by atoms with Gasteiger partial charge in [-0.05, 0) is 56.7 Å². The van der Waals surface area contributed by atoms with Crippen molar-refractivity contribution in [2.45, 2.75) is 46.3 Å². The van der Waals surface area contributed by atoms with Gasteiger partial charge < -0.3 is 33.2 Å². The predicted octanol–water partition coefficient (Wildman–Crippen LogP) is 5.76. The Morgan fingerprint density at radius 3 is 2.43 bits per heavy atom. The van der Waals surface area contributed by atoms with Crippen molar-refractivity contribution in [2.75, 3.05) is 48.3 Å². The van der Waals surface area contributed by atoms with E-state index in [9.17, 15) is 9.59 Å². The minimum Gasteiger partial charge on any atom is -0.501 e. The summed E-state index contributed by atoms with van der Waals surface area (Å²) < 4.78 is 39.6. The summed E-state index contributed by atoms with van der Waals surface area (Å²) in [6.07, 6.45) is 5.10. The Labute approximate surface area is 258 Å². The first-order valence-electron chi connectivity index (χ1n) is 14.7. The van der Waals surface area contributed by atoms with Crippen LogP contribution in [-0.4, -0.2) is 71.3 Å². The number of esters is 2. The molecule has 2 aromatic rings.